The molecule has 2 aliphatic rings. The molecule has 0 unspecified atom stereocenters. The third-order valence-corrected chi connectivity index (χ3v) is 7.75. The van der Waals surface area contributed by atoms with Gasteiger partial charge in [0.1, 0.15) is 5.54 Å². The van der Waals surface area contributed by atoms with E-state index in [0.717, 1.165) is 41.8 Å². The lowest BCUT2D eigenvalue weighted by Crippen LogP contribution is -2.70. The Morgan fingerprint density at radius 2 is 1.74 bits per heavy atom. The van der Waals surface area contributed by atoms with Gasteiger partial charge in [-0.15, -0.1) is 0 Å². The van der Waals surface area contributed by atoms with Gasteiger partial charge in [0.05, 0.1) is 12.8 Å². The lowest BCUT2D eigenvalue weighted by atomic mass is 9.91. The molecule has 172 valence electrons. The Bertz CT molecular complexity index is 909. The molecule has 31 heavy (non-hydrogen) atoms. The second-order valence-electron chi connectivity index (χ2n) is 9.03. The number of para-hydroxylation sites is 1. The first kappa shape index (κ1) is 23.7. The quantitative estimate of drug-likeness (QED) is 0.749. The summed E-state index contributed by atoms with van der Waals surface area (Å²) in [6.07, 6.45) is 9.32. The molecular weight excluding hydrogens is 414 g/mol. The monoisotopic (exact) mass is 449 g/mol. The predicted molar refractivity (Wildman–Crippen MR) is 122 cm³/mol. The number of hydrogen-bond donors (Lipinski definition) is 1. The van der Waals surface area contributed by atoms with Crippen molar-refractivity contribution in [3.05, 3.63) is 29.8 Å². The second-order valence-corrected chi connectivity index (χ2v) is 11.0. The highest BCUT2D eigenvalue weighted by Gasteiger charge is 2.51. The summed E-state index contributed by atoms with van der Waals surface area (Å²) in [4.78, 5) is 28.5. The van der Waals surface area contributed by atoms with Crippen LogP contribution < -0.4 is 10.2 Å². The molecule has 1 aromatic rings. The molecule has 0 spiro atoms. The molecule has 0 radical (unpaired) electrons. The number of carbonyl (C=O) groups excluding carboxylic acids is 2. The van der Waals surface area contributed by atoms with Crippen molar-refractivity contribution in [3.63, 3.8) is 0 Å². The minimum atomic E-state index is -3.62. The Kier molecular flexibility index (Phi) is 7.42. The maximum absolute atomic E-state index is 13.7. The lowest BCUT2D eigenvalue weighted by molar-refractivity contribution is -0.133. The molecule has 1 saturated carbocycles. The zero-order chi connectivity index (χ0) is 22.6. The molecule has 1 atom stereocenters. The first-order chi connectivity index (χ1) is 14.7. The van der Waals surface area contributed by atoms with Crippen molar-refractivity contribution in [2.75, 3.05) is 24.2 Å². The topological polar surface area (TPSA) is 86.8 Å². The molecule has 1 N–H and O–H groups in total. The normalized spacial score (nSPS) is 24.5. The fraction of sp³-hybridized carbons (Fsp3) is 0.652. The van der Waals surface area contributed by atoms with Gasteiger partial charge in [0.25, 0.3) is 0 Å². The van der Waals surface area contributed by atoms with Gasteiger partial charge < -0.3 is 5.32 Å². The van der Waals surface area contributed by atoms with Crippen LogP contribution in [-0.2, 0) is 26.0 Å². The van der Waals surface area contributed by atoms with Gasteiger partial charge in [0, 0.05) is 18.3 Å². The summed E-state index contributed by atoms with van der Waals surface area (Å²) in [6.45, 7) is 3.37. The highest BCUT2D eigenvalue weighted by atomic mass is 32.2. The molecule has 0 bridgehead atoms. The first-order valence-corrected chi connectivity index (χ1v) is 13.2. The van der Waals surface area contributed by atoms with Crippen molar-refractivity contribution >= 4 is 27.5 Å². The Balaban J connectivity index is 1.97. The van der Waals surface area contributed by atoms with E-state index in [-0.39, 0.29) is 30.9 Å². The Morgan fingerprint density at radius 1 is 1.13 bits per heavy atom. The highest BCUT2D eigenvalue weighted by Crippen LogP contribution is 2.33. The summed E-state index contributed by atoms with van der Waals surface area (Å²) in [5.74, 6) is -0.668. The van der Waals surface area contributed by atoms with Crippen LogP contribution in [0, 0.1) is 0 Å². The lowest BCUT2D eigenvalue weighted by Gasteiger charge is -2.47. The fourth-order valence-corrected chi connectivity index (χ4v) is 5.57. The van der Waals surface area contributed by atoms with Crippen molar-refractivity contribution in [1.29, 1.82) is 0 Å². The molecular formula is C23H35N3O4S. The van der Waals surface area contributed by atoms with Gasteiger partial charge in [-0.25, -0.2) is 8.42 Å². The number of anilines is 1. The Hall–Kier alpha value is -1.93. The van der Waals surface area contributed by atoms with E-state index < -0.39 is 15.6 Å². The van der Waals surface area contributed by atoms with Gasteiger partial charge in [0.2, 0.25) is 21.8 Å². The summed E-state index contributed by atoms with van der Waals surface area (Å²) < 4.78 is 25.7. The smallest absolute Gasteiger partial charge is 0.247 e. The standard InChI is InChI=1S/C23H35N3O4S/c1-4-18-12-10-11-15-20(18)26-21(27)16-25(31(3,29)30)17-23(26,2)22(28)24-19-13-8-6-5-7-9-14-19/h10-12,15,19H,4-9,13-14,16-17H2,1-3H3,(H,24,28)/t23-/m0/s1. The van der Waals surface area contributed by atoms with E-state index in [0.29, 0.717) is 12.1 Å². The molecule has 8 heteroatoms. The summed E-state index contributed by atoms with van der Waals surface area (Å²) in [5, 5.41) is 3.17. The van der Waals surface area contributed by atoms with E-state index in [1.807, 2.05) is 31.2 Å². The summed E-state index contributed by atoms with van der Waals surface area (Å²) in [5.41, 5.74) is 0.304. The van der Waals surface area contributed by atoms with Crippen LogP contribution in [0.15, 0.2) is 24.3 Å². The number of nitrogens with zero attached hydrogens (tertiary/aromatic N) is 2. The first-order valence-electron chi connectivity index (χ1n) is 11.3. The third kappa shape index (κ3) is 5.29. The average Bonchev–Trinajstić information content (AvgIpc) is 2.69. The van der Waals surface area contributed by atoms with Gasteiger partial charge in [-0.05, 0) is 37.8 Å². The molecule has 3 rings (SSSR count). The summed E-state index contributed by atoms with van der Waals surface area (Å²) >= 11 is 0. The summed E-state index contributed by atoms with van der Waals surface area (Å²) in [6, 6.07) is 7.59. The molecule has 1 saturated heterocycles. The van der Waals surface area contributed by atoms with Gasteiger partial charge in [-0.3, -0.25) is 14.5 Å². The largest absolute Gasteiger partial charge is 0.351 e. The van der Waals surface area contributed by atoms with Crippen molar-refractivity contribution in [2.24, 2.45) is 0 Å². The van der Waals surface area contributed by atoms with Crippen LogP contribution in [0.3, 0.4) is 0 Å². The van der Waals surface area contributed by atoms with Crippen molar-refractivity contribution in [1.82, 2.24) is 9.62 Å². The van der Waals surface area contributed by atoms with Crippen LogP contribution in [0.1, 0.15) is 64.4 Å². The van der Waals surface area contributed by atoms with Crippen LogP contribution in [0.4, 0.5) is 5.69 Å². The number of piperazine rings is 1. The zero-order valence-electron chi connectivity index (χ0n) is 18.9. The van der Waals surface area contributed by atoms with Gasteiger partial charge in [-0.2, -0.15) is 4.31 Å². The molecule has 2 fully saturated rings. The Morgan fingerprint density at radius 3 is 2.35 bits per heavy atom. The number of carbonyl (C=O) groups is 2. The van der Waals surface area contributed by atoms with Crippen molar-refractivity contribution < 1.29 is 18.0 Å². The average molecular weight is 450 g/mol. The van der Waals surface area contributed by atoms with Crippen LogP contribution in [0.5, 0.6) is 0 Å². The zero-order valence-corrected chi connectivity index (χ0v) is 19.7. The van der Waals surface area contributed by atoms with Gasteiger partial charge >= 0.3 is 0 Å². The minimum absolute atomic E-state index is 0.0524. The number of nitrogens with one attached hydrogen (secondary N) is 1. The van der Waals surface area contributed by atoms with E-state index in [2.05, 4.69) is 5.32 Å². The Labute approximate surface area is 186 Å². The molecule has 2 amide bonds. The molecule has 0 aromatic heterocycles. The van der Waals surface area contributed by atoms with Gasteiger partial charge in [-0.1, -0.05) is 57.2 Å². The van der Waals surface area contributed by atoms with Crippen molar-refractivity contribution in [2.45, 2.75) is 76.8 Å². The summed E-state index contributed by atoms with van der Waals surface area (Å²) in [7, 11) is -3.62. The van der Waals surface area contributed by atoms with E-state index >= 15 is 0 Å². The maximum atomic E-state index is 13.7. The maximum Gasteiger partial charge on any atom is 0.247 e. The fourth-order valence-electron chi connectivity index (χ4n) is 4.74. The van der Waals surface area contributed by atoms with E-state index in [4.69, 9.17) is 0 Å². The number of sulfonamides is 1. The molecule has 1 aromatic carbocycles. The van der Waals surface area contributed by atoms with Crippen LogP contribution in [0.2, 0.25) is 0 Å². The molecule has 1 aliphatic carbocycles. The van der Waals surface area contributed by atoms with Crippen LogP contribution in [0.25, 0.3) is 0 Å². The number of benzene rings is 1. The van der Waals surface area contributed by atoms with Crippen LogP contribution >= 0.6 is 0 Å². The van der Waals surface area contributed by atoms with Gasteiger partial charge in [0.15, 0.2) is 0 Å². The number of rotatable bonds is 5. The highest BCUT2D eigenvalue weighted by molar-refractivity contribution is 7.88. The number of hydrogen-bond acceptors (Lipinski definition) is 4. The third-order valence-electron chi connectivity index (χ3n) is 6.55. The van der Waals surface area contributed by atoms with Crippen molar-refractivity contribution in [3.8, 4) is 0 Å². The molecule has 1 aliphatic heterocycles. The molecule has 1 heterocycles. The number of aryl methyl sites for hydroxylation is 1. The SMILES string of the molecule is CCc1ccccc1N1C(=O)CN(S(C)(=O)=O)C[C@@]1(C)C(=O)NC1CCCCCCC1. The van der Waals surface area contributed by atoms with E-state index in [1.165, 1.54) is 24.2 Å². The second kappa shape index (κ2) is 9.69. The number of amides is 2. The van der Waals surface area contributed by atoms with E-state index in [1.54, 1.807) is 6.92 Å². The molecule has 7 nitrogen and oxygen atoms in total. The van der Waals surface area contributed by atoms with E-state index in [9.17, 15) is 18.0 Å². The van der Waals surface area contributed by atoms with Crippen LogP contribution in [-0.4, -0.2) is 55.5 Å². The minimum Gasteiger partial charge on any atom is -0.351 e. The predicted octanol–water partition coefficient (Wildman–Crippen LogP) is 2.85.